The van der Waals surface area contributed by atoms with Crippen LogP contribution in [-0.2, 0) is 4.79 Å². The first-order valence-corrected chi connectivity index (χ1v) is 3.99. The molecule has 0 N–H and O–H groups in total. The minimum atomic E-state index is -0.206. The van der Waals surface area contributed by atoms with Crippen LogP contribution in [0.25, 0.3) is 0 Å². The average molecular weight is 172 g/mol. The molecule has 1 atom stereocenters. The van der Waals surface area contributed by atoms with E-state index in [2.05, 4.69) is 6.58 Å². The Morgan fingerprint density at radius 2 is 2.33 bits per heavy atom. The Kier molecular flexibility index (Phi) is 2.81. The summed E-state index contributed by atoms with van der Waals surface area (Å²) in [5.74, 6) is -0.116. The third-order valence-corrected chi connectivity index (χ3v) is 2.03. The van der Waals surface area contributed by atoms with E-state index in [-0.39, 0.29) is 11.9 Å². The second-order valence-electron chi connectivity index (χ2n) is 2.96. The smallest absolute Gasteiger partial charge is 0.246 e. The number of hydrogen-bond donors (Lipinski definition) is 0. The Hall–Kier alpha value is -0.900. The quantitative estimate of drug-likeness (QED) is 0.427. The molecule has 4 heteroatoms. The van der Waals surface area contributed by atoms with E-state index in [1.807, 2.05) is 0 Å². The zero-order valence-corrected chi connectivity index (χ0v) is 7.16. The van der Waals surface area contributed by atoms with E-state index in [0.29, 0.717) is 19.6 Å². The SMILES string of the molecule is C=CC(=O)N1CCN(F)C(C)C1. The zero-order valence-electron chi connectivity index (χ0n) is 7.16. The largest absolute Gasteiger partial charge is 0.336 e. The second-order valence-corrected chi connectivity index (χ2v) is 2.96. The van der Waals surface area contributed by atoms with Crippen LogP contribution in [0.5, 0.6) is 0 Å². The van der Waals surface area contributed by atoms with Gasteiger partial charge in [0, 0.05) is 19.6 Å². The molecular weight excluding hydrogens is 159 g/mol. The van der Waals surface area contributed by atoms with Gasteiger partial charge in [-0.25, -0.2) is 0 Å². The summed E-state index contributed by atoms with van der Waals surface area (Å²) < 4.78 is 12.8. The number of halogens is 1. The molecule has 3 nitrogen and oxygen atoms in total. The van der Waals surface area contributed by atoms with Crippen molar-refractivity contribution in [2.75, 3.05) is 19.6 Å². The minimum absolute atomic E-state index is 0.116. The van der Waals surface area contributed by atoms with Crippen molar-refractivity contribution in [3.05, 3.63) is 12.7 Å². The van der Waals surface area contributed by atoms with Crippen LogP contribution in [0.4, 0.5) is 4.48 Å². The number of carbonyl (C=O) groups excluding carboxylic acids is 1. The van der Waals surface area contributed by atoms with E-state index in [1.54, 1.807) is 11.8 Å². The van der Waals surface area contributed by atoms with Gasteiger partial charge in [0.2, 0.25) is 5.91 Å². The summed E-state index contributed by atoms with van der Waals surface area (Å²) in [6.07, 6.45) is 1.26. The van der Waals surface area contributed by atoms with Crippen LogP contribution in [0, 0.1) is 0 Å². The summed E-state index contributed by atoms with van der Waals surface area (Å²) in [5.41, 5.74) is 0. The maximum Gasteiger partial charge on any atom is 0.246 e. The first-order chi connectivity index (χ1) is 5.65. The van der Waals surface area contributed by atoms with Crippen LogP contribution < -0.4 is 0 Å². The average Bonchev–Trinajstić information content (AvgIpc) is 2.08. The van der Waals surface area contributed by atoms with E-state index in [0.717, 1.165) is 5.12 Å². The van der Waals surface area contributed by atoms with Crippen LogP contribution >= 0.6 is 0 Å². The van der Waals surface area contributed by atoms with Gasteiger partial charge in [0.15, 0.2) is 0 Å². The Balaban J connectivity index is 2.50. The minimum Gasteiger partial charge on any atom is -0.336 e. The molecule has 1 fully saturated rings. The van der Waals surface area contributed by atoms with Gasteiger partial charge in [-0.05, 0) is 13.0 Å². The Morgan fingerprint density at radius 3 is 2.83 bits per heavy atom. The van der Waals surface area contributed by atoms with Crippen LogP contribution in [0.3, 0.4) is 0 Å². The van der Waals surface area contributed by atoms with Gasteiger partial charge < -0.3 is 4.90 Å². The predicted octanol–water partition coefficient (Wildman–Crippen LogP) is 0.590. The molecule has 0 saturated carbocycles. The van der Waals surface area contributed by atoms with Crippen LogP contribution in [-0.4, -0.2) is 41.6 Å². The zero-order chi connectivity index (χ0) is 9.14. The van der Waals surface area contributed by atoms with Crippen LogP contribution in [0.2, 0.25) is 0 Å². The lowest BCUT2D eigenvalue weighted by atomic mass is 10.2. The molecule has 0 aliphatic carbocycles. The molecule has 0 spiro atoms. The van der Waals surface area contributed by atoms with Gasteiger partial charge in [-0.2, -0.15) is 0 Å². The summed E-state index contributed by atoms with van der Waals surface area (Å²) in [7, 11) is 0. The maximum absolute atomic E-state index is 12.8. The van der Waals surface area contributed by atoms with Gasteiger partial charge in [0.1, 0.15) is 0 Å². The van der Waals surface area contributed by atoms with Gasteiger partial charge in [-0.1, -0.05) is 6.58 Å². The van der Waals surface area contributed by atoms with Crippen molar-refractivity contribution in [3.63, 3.8) is 0 Å². The molecular formula is C8H13FN2O. The number of rotatable bonds is 1. The summed E-state index contributed by atoms with van der Waals surface area (Å²) in [6.45, 7) is 6.32. The number of amides is 1. The monoisotopic (exact) mass is 172 g/mol. The molecule has 1 rings (SSSR count). The van der Waals surface area contributed by atoms with Gasteiger partial charge >= 0.3 is 0 Å². The Bertz CT molecular complexity index is 195. The fourth-order valence-corrected chi connectivity index (χ4v) is 1.26. The number of carbonyl (C=O) groups is 1. The predicted molar refractivity (Wildman–Crippen MR) is 44.1 cm³/mol. The van der Waals surface area contributed by atoms with Gasteiger partial charge in [-0.15, -0.1) is 9.60 Å². The van der Waals surface area contributed by atoms with E-state index < -0.39 is 0 Å². The standard InChI is InChI=1S/C8H13FN2O/c1-3-8(12)10-4-5-11(9)7(2)6-10/h3,7H,1,4-6H2,2H3. The van der Waals surface area contributed by atoms with Crippen molar-refractivity contribution in [2.45, 2.75) is 13.0 Å². The highest BCUT2D eigenvalue weighted by Crippen LogP contribution is 2.09. The molecule has 1 unspecified atom stereocenters. The third-order valence-electron chi connectivity index (χ3n) is 2.03. The molecule has 1 heterocycles. The molecule has 0 bridgehead atoms. The molecule has 0 aromatic carbocycles. The maximum atomic E-state index is 12.8. The highest BCUT2D eigenvalue weighted by molar-refractivity contribution is 5.87. The van der Waals surface area contributed by atoms with E-state index >= 15 is 0 Å². The number of nitrogens with zero attached hydrogens (tertiary/aromatic N) is 2. The van der Waals surface area contributed by atoms with E-state index in [1.165, 1.54) is 6.08 Å². The third kappa shape index (κ3) is 1.82. The van der Waals surface area contributed by atoms with Crippen molar-refractivity contribution >= 4 is 5.91 Å². The molecule has 0 radical (unpaired) electrons. The summed E-state index contributed by atoms with van der Waals surface area (Å²) >= 11 is 0. The lowest BCUT2D eigenvalue weighted by molar-refractivity contribution is -0.134. The molecule has 1 saturated heterocycles. The topological polar surface area (TPSA) is 23.6 Å². The highest BCUT2D eigenvalue weighted by Gasteiger charge is 2.25. The van der Waals surface area contributed by atoms with Gasteiger partial charge in [0.25, 0.3) is 0 Å². The molecule has 0 aromatic rings. The molecule has 0 aromatic heterocycles. The number of piperazine rings is 1. The van der Waals surface area contributed by atoms with Crippen LogP contribution in [0.1, 0.15) is 6.92 Å². The fourth-order valence-electron chi connectivity index (χ4n) is 1.26. The summed E-state index contributed by atoms with van der Waals surface area (Å²) in [5, 5.41) is 0.757. The highest BCUT2D eigenvalue weighted by atomic mass is 19.2. The molecule has 12 heavy (non-hydrogen) atoms. The lowest BCUT2D eigenvalue weighted by Crippen LogP contribution is -2.50. The first-order valence-electron chi connectivity index (χ1n) is 3.99. The number of hydrogen-bond acceptors (Lipinski definition) is 2. The Morgan fingerprint density at radius 1 is 1.67 bits per heavy atom. The fraction of sp³-hybridized carbons (Fsp3) is 0.625. The second kappa shape index (κ2) is 3.67. The summed E-state index contributed by atoms with van der Waals surface area (Å²) in [6, 6.07) is -0.206. The van der Waals surface area contributed by atoms with E-state index in [9.17, 15) is 9.28 Å². The lowest BCUT2D eigenvalue weighted by Gasteiger charge is -2.33. The van der Waals surface area contributed by atoms with Gasteiger partial charge in [-0.3, -0.25) is 4.79 Å². The van der Waals surface area contributed by atoms with Gasteiger partial charge in [0.05, 0.1) is 6.04 Å². The molecule has 1 aliphatic heterocycles. The van der Waals surface area contributed by atoms with Crippen molar-refractivity contribution in [1.29, 1.82) is 0 Å². The summed E-state index contributed by atoms with van der Waals surface area (Å²) in [4.78, 5) is 12.7. The van der Waals surface area contributed by atoms with E-state index in [4.69, 9.17) is 0 Å². The first kappa shape index (κ1) is 9.19. The molecule has 1 aliphatic rings. The van der Waals surface area contributed by atoms with Crippen molar-refractivity contribution in [2.24, 2.45) is 0 Å². The molecule has 1 amide bonds. The van der Waals surface area contributed by atoms with Crippen molar-refractivity contribution < 1.29 is 9.28 Å². The molecule has 68 valence electrons. The normalized spacial score (nSPS) is 25.5. The van der Waals surface area contributed by atoms with Crippen molar-refractivity contribution in [3.8, 4) is 0 Å². The van der Waals surface area contributed by atoms with Crippen LogP contribution in [0.15, 0.2) is 12.7 Å². The van der Waals surface area contributed by atoms with Crippen molar-refractivity contribution in [1.82, 2.24) is 10.0 Å². The Labute approximate surface area is 71.4 Å².